The van der Waals surface area contributed by atoms with Crippen LogP contribution >= 0.6 is 0 Å². The number of hydrogen-bond acceptors (Lipinski definition) is 4. The van der Waals surface area contributed by atoms with Crippen molar-refractivity contribution < 1.29 is 18.7 Å². The second kappa shape index (κ2) is 8.40. The van der Waals surface area contributed by atoms with Gasteiger partial charge in [-0.1, -0.05) is 19.1 Å². The lowest BCUT2D eigenvalue weighted by Gasteiger charge is -2.11. The Labute approximate surface area is 157 Å². The number of carbonyl (C=O) groups excluding carboxylic acids is 2. The fourth-order valence-corrected chi connectivity index (χ4v) is 2.82. The van der Waals surface area contributed by atoms with E-state index in [4.69, 9.17) is 9.15 Å². The summed E-state index contributed by atoms with van der Waals surface area (Å²) in [7, 11) is 1.59. The van der Waals surface area contributed by atoms with Crippen LogP contribution in [0.2, 0.25) is 0 Å². The van der Waals surface area contributed by atoms with Gasteiger partial charge in [0.2, 0.25) is 5.91 Å². The van der Waals surface area contributed by atoms with Gasteiger partial charge in [-0.2, -0.15) is 0 Å². The Bertz CT molecular complexity index is 962. The van der Waals surface area contributed by atoms with Gasteiger partial charge in [-0.25, -0.2) is 0 Å². The van der Waals surface area contributed by atoms with E-state index in [-0.39, 0.29) is 18.2 Å². The van der Waals surface area contributed by atoms with Gasteiger partial charge in [0.25, 0.3) is 5.91 Å². The molecular formula is C21H22N2O4. The molecule has 3 rings (SSSR count). The van der Waals surface area contributed by atoms with Gasteiger partial charge >= 0.3 is 0 Å². The number of amides is 2. The Morgan fingerprint density at radius 3 is 2.74 bits per heavy atom. The van der Waals surface area contributed by atoms with Gasteiger partial charge in [-0.15, -0.1) is 0 Å². The third kappa shape index (κ3) is 4.28. The summed E-state index contributed by atoms with van der Waals surface area (Å²) in [5, 5.41) is 6.51. The fraction of sp³-hybridized carbons (Fsp3) is 0.238. The summed E-state index contributed by atoms with van der Waals surface area (Å²) in [5.74, 6) is 0.276. The van der Waals surface area contributed by atoms with E-state index in [0.29, 0.717) is 29.1 Å². The summed E-state index contributed by atoms with van der Waals surface area (Å²) in [6.07, 6.45) is 2.56. The van der Waals surface area contributed by atoms with Gasteiger partial charge in [-0.3, -0.25) is 9.59 Å². The Balaban J connectivity index is 1.74. The molecule has 0 unspecified atom stereocenters. The minimum atomic E-state index is -0.218. The largest absolute Gasteiger partial charge is 0.497 e. The molecule has 0 radical (unpaired) electrons. The highest BCUT2D eigenvalue weighted by Gasteiger charge is 2.15. The lowest BCUT2D eigenvalue weighted by atomic mass is 10.1. The molecule has 1 heterocycles. The van der Waals surface area contributed by atoms with Crippen LogP contribution in [0, 0.1) is 0 Å². The molecule has 1 aromatic heterocycles. The first kappa shape index (κ1) is 18.5. The normalized spacial score (nSPS) is 10.6. The summed E-state index contributed by atoms with van der Waals surface area (Å²) in [5.41, 5.74) is 2.38. The molecule has 0 aliphatic heterocycles. The third-order valence-electron chi connectivity index (χ3n) is 4.20. The van der Waals surface area contributed by atoms with Crippen molar-refractivity contribution in [3.8, 4) is 5.75 Å². The molecule has 0 saturated carbocycles. The van der Waals surface area contributed by atoms with Crippen molar-refractivity contribution in [2.45, 2.75) is 19.8 Å². The van der Waals surface area contributed by atoms with E-state index < -0.39 is 0 Å². The summed E-state index contributed by atoms with van der Waals surface area (Å²) in [6.45, 7) is 2.57. The van der Waals surface area contributed by atoms with Gasteiger partial charge in [0.05, 0.1) is 31.0 Å². The lowest BCUT2D eigenvalue weighted by molar-refractivity contribution is -0.115. The molecule has 0 aliphatic rings. The monoisotopic (exact) mass is 366 g/mol. The molecular weight excluding hydrogens is 344 g/mol. The standard InChI is InChI=1S/C21H22N2O4/c1-3-10-22-21(25)17-6-4-5-7-18(17)23-20(24)11-14-13-27-19-12-15(26-2)8-9-16(14)19/h4-9,12-13H,3,10-11H2,1-2H3,(H,22,25)(H,23,24). The molecule has 27 heavy (non-hydrogen) atoms. The molecule has 2 aromatic carbocycles. The number of hydrogen-bond donors (Lipinski definition) is 2. The molecule has 140 valence electrons. The van der Waals surface area contributed by atoms with Gasteiger partial charge in [0, 0.05) is 23.6 Å². The molecule has 0 aliphatic carbocycles. The maximum atomic E-state index is 12.5. The Kier molecular flexibility index (Phi) is 5.76. The quantitative estimate of drug-likeness (QED) is 0.667. The third-order valence-corrected chi connectivity index (χ3v) is 4.20. The van der Waals surface area contributed by atoms with Crippen LogP contribution in [0.25, 0.3) is 11.0 Å². The summed E-state index contributed by atoms with van der Waals surface area (Å²) in [6, 6.07) is 12.4. The van der Waals surface area contributed by atoms with E-state index in [1.165, 1.54) is 0 Å². The molecule has 6 nitrogen and oxygen atoms in total. The van der Waals surface area contributed by atoms with E-state index in [1.807, 2.05) is 19.1 Å². The number of anilines is 1. The Hall–Kier alpha value is -3.28. The second-order valence-electron chi connectivity index (χ2n) is 6.15. The Morgan fingerprint density at radius 2 is 1.96 bits per heavy atom. The highest BCUT2D eigenvalue weighted by molar-refractivity contribution is 6.04. The lowest BCUT2D eigenvalue weighted by Crippen LogP contribution is -2.26. The number of benzene rings is 2. The van der Waals surface area contributed by atoms with E-state index in [2.05, 4.69) is 10.6 Å². The first-order valence-electron chi connectivity index (χ1n) is 8.83. The van der Waals surface area contributed by atoms with Crippen LogP contribution in [0.1, 0.15) is 29.3 Å². The van der Waals surface area contributed by atoms with E-state index >= 15 is 0 Å². The summed E-state index contributed by atoms with van der Waals surface area (Å²) in [4.78, 5) is 24.8. The topological polar surface area (TPSA) is 80.6 Å². The zero-order chi connectivity index (χ0) is 19.2. The fourth-order valence-electron chi connectivity index (χ4n) is 2.82. The number of nitrogens with one attached hydrogen (secondary N) is 2. The van der Waals surface area contributed by atoms with Crippen LogP contribution < -0.4 is 15.4 Å². The number of rotatable bonds is 7. The highest BCUT2D eigenvalue weighted by Crippen LogP contribution is 2.26. The average molecular weight is 366 g/mol. The molecule has 2 N–H and O–H groups in total. The number of carbonyl (C=O) groups is 2. The van der Waals surface area contributed by atoms with E-state index in [9.17, 15) is 9.59 Å². The first-order valence-corrected chi connectivity index (χ1v) is 8.83. The maximum Gasteiger partial charge on any atom is 0.253 e. The van der Waals surface area contributed by atoms with Crippen molar-refractivity contribution in [1.82, 2.24) is 5.32 Å². The van der Waals surface area contributed by atoms with Crippen molar-refractivity contribution in [3.63, 3.8) is 0 Å². The van der Waals surface area contributed by atoms with Gasteiger partial charge in [0.1, 0.15) is 11.3 Å². The Morgan fingerprint density at radius 1 is 1.15 bits per heavy atom. The number of furan rings is 1. The van der Waals surface area contributed by atoms with Crippen LogP contribution in [0.4, 0.5) is 5.69 Å². The molecule has 0 spiro atoms. The highest BCUT2D eigenvalue weighted by atomic mass is 16.5. The first-order chi connectivity index (χ1) is 13.1. The van der Waals surface area contributed by atoms with Gasteiger partial charge in [-0.05, 0) is 30.7 Å². The minimum absolute atomic E-state index is 0.143. The molecule has 0 saturated heterocycles. The number of para-hydroxylation sites is 1. The minimum Gasteiger partial charge on any atom is -0.497 e. The van der Waals surface area contributed by atoms with Crippen LogP contribution in [0.5, 0.6) is 5.75 Å². The molecule has 0 atom stereocenters. The van der Waals surface area contributed by atoms with Crippen LogP contribution in [-0.2, 0) is 11.2 Å². The van der Waals surface area contributed by atoms with Crippen molar-refractivity contribution in [3.05, 3.63) is 59.9 Å². The maximum absolute atomic E-state index is 12.5. The van der Waals surface area contributed by atoms with Gasteiger partial charge < -0.3 is 19.8 Å². The summed E-state index contributed by atoms with van der Waals surface area (Å²) < 4.78 is 10.7. The smallest absolute Gasteiger partial charge is 0.253 e. The van der Waals surface area contributed by atoms with E-state index in [0.717, 1.165) is 17.4 Å². The van der Waals surface area contributed by atoms with Crippen LogP contribution in [-0.4, -0.2) is 25.5 Å². The van der Waals surface area contributed by atoms with E-state index in [1.54, 1.807) is 43.7 Å². The SMILES string of the molecule is CCCNC(=O)c1ccccc1NC(=O)Cc1coc2cc(OC)ccc12. The molecule has 0 fully saturated rings. The predicted molar refractivity (Wildman–Crippen MR) is 104 cm³/mol. The molecule has 6 heteroatoms. The molecule has 2 amide bonds. The predicted octanol–water partition coefficient (Wildman–Crippen LogP) is 3.76. The van der Waals surface area contributed by atoms with Crippen molar-refractivity contribution in [1.29, 1.82) is 0 Å². The zero-order valence-corrected chi connectivity index (χ0v) is 15.4. The number of methoxy groups -OCH3 is 1. The molecule has 3 aromatic rings. The van der Waals surface area contributed by atoms with Crippen molar-refractivity contribution in [2.24, 2.45) is 0 Å². The second-order valence-corrected chi connectivity index (χ2v) is 6.15. The average Bonchev–Trinajstić information content (AvgIpc) is 3.08. The number of fused-ring (bicyclic) bond motifs is 1. The van der Waals surface area contributed by atoms with Crippen LogP contribution in [0.15, 0.2) is 53.1 Å². The zero-order valence-electron chi connectivity index (χ0n) is 15.4. The number of ether oxygens (including phenoxy) is 1. The van der Waals surface area contributed by atoms with Crippen molar-refractivity contribution in [2.75, 3.05) is 19.0 Å². The van der Waals surface area contributed by atoms with Crippen molar-refractivity contribution >= 4 is 28.5 Å². The van der Waals surface area contributed by atoms with Gasteiger partial charge in [0.15, 0.2) is 0 Å². The summed E-state index contributed by atoms with van der Waals surface area (Å²) >= 11 is 0. The molecule has 0 bridgehead atoms. The van der Waals surface area contributed by atoms with Crippen LogP contribution in [0.3, 0.4) is 0 Å².